The molecule has 0 radical (unpaired) electrons. The average molecular weight is 272 g/mol. The normalized spacial score (nSPS) is 21.1. The molecular weight excluding hydrogens is 252 g/mol. The lowest BCUT2D eigenvalue weighted by molar-refractivity contribution is -0.126. The zero-order valence-corrected chi connectivity index (χ0v) is 11.9. The van der Waals surface area contributed by atoms with Gasteiger partial charge in [0, 0.05) is 5.56 Å². The summed E-state index contributed by atoms with van der Waals surface area (Å²) >= 11 is 0. The summed E-state index contributed by atoms with van der Waals surface area (Å²) in [5, 5.41) is 2.90. The van der Waals surface area contributed by atoms with Crippen LogP contribution < -0.4 is 11.1 Å². The van der Waals surface area contributed by atoms with Gasteiger partial charge in [-0.15, -0.1) is 0 Å². The lowest BCUT2D eigenvalue weighted by Crippen LogP contribution is -2.28. The van der Waals surface area contributed by atoms with Crippen molar-refractivity contribution in [2.75, 3.05) is 11.9 Å². The Morgan fingerprint density at radius 2 is 2.30 bits per heavy atom. The Labute approximate surface area is 119 Å². The topological polar surface area (TPSA) is 64.3 Å². The van der Waals surface area contributed by atoms with Crippen LogP contribution in [0.5, 0.6) is 0 Å². The predicted molar refractivity (Wildman–Crippen MR) is 79.3 cm³/mol. The van der Waals surface area contributed by atoms with E-state index in [0.29, 0.717) is 12.2 Å². The van der Waals surface area contributed by atoms with Crippen molar-refractivity contribution >= 4 is 11.6 Å². The van der Waals surface area contributed by atoms with Gasteiger partial charge < -0.3 is 15.8 Å². The molecule has 106 valence electrons. The maximum absolute atomic E-state index is 12.2. The fraction of sp³-hybridized carbons (Fsp3) is 0.438. The standard InChI is InChI=1S/C16H20N2O2/c1-11-5-7-14(13(10-11)4-3-9-17)18-16(19)15-8-6-12(2)20-15/h5,7,10,12,15H,6,8-9,17H2,1-2H3,(H,18,19). The van der Waals surface area contributed by atoms with E-state index >= 15 is 0 Å². The minimum absolute atomic E-state index is 0.103. The molecule has 1 aromatic carbocycles. The SMILES string of the molecule is Cc1ccc(NC(=O)C2CCC(C)O2)c(C#CCN)c1. The number of nitrogens with two attached hydrogens (primary N) is 1. The van der Waals surface area contributed by atoms with Gasteiger partial charge in [-0.25, -0.2) is 0 Å². The van der Waals surface area contributed by atoms with E-state index in [9.17, 15) is 4.79 Å². The molecule has 4 heteroatoms. The number of anilines is 1. The van der Waals surface area contributed by atoms with Crippen molar-refractivity contribution < 1.29 is 9.53 Å². The first kappa shape index (κ1) is 14.6. The fourth-order valence-corrected chi connectivity index (χ4v) is 2.23. The number of carbonyl (C=O) groups excluding carboxylic acids is 1. The van der Waals surface area contributed by atoms with E-state index in [1.807, 2.05) is 32.0 Å². The van der Waals surface area contributed by atoms with Crippen LogP contribution in [0.2, 0.25) is 0 Å². The summed E-state index contributed by atoms with van der Waals surface area (Å²) in [6.07, 6.45) is 1.48. The van der Waals surface area contributed by atoms with Crippen LogP contribution in [0.3, 0.4) is 0 Å². The largest absolute Gasteiger partial charge is 0.365 e. The Hall–Kier alpha value is -1.83. The molecule has 1 aliphatic heterocycles. The first-order valence-corrected chi connectivity index (χ1v) is 6.86. The second kappa shape index (κ2) is 6.56. The Bertz CT molecular complexity index is 557. The van der Waals surface area contributed by atoms with Gasteiger partial charge in [-0.05, 0) is 44.4 Å². The number of hydrogen-bond acceptors (Lipinski definition) is 3. The van der Waals surface area contributed by atoms with Gasteiger partial charge in [-0.3, -0.25) is 4.79 Å². The highest BCUT2D eigenvalue weighted by atomic mass is 16.5. The monoisotopic (exact) mass is 272 g/mol. The minimum Gasteiger partial charge on any atom is -0.365 e. The summed E-state index contributed by atoms with van der Waals surface area (Å²) in [4.78, 5) is 12.2. The van der Waals surface area contributed by atoms with Crippen molar-refractivity contribution in [1.82, 2.24) is 0 Å². The van der Waals surface area contributed by atoms with Gasteiger partial charge in [0.2, 0.25) is 0 Å². The molecule has 0 spiro atoms. The van der Waals surface area contributed by atoms with Gasteiger partial charge in [0.1, 0.15) is 6.10 Å². The molecule has 4 nitrogen and oxygen atoms in total. The van der Waals surface area contributed by atoms with Crippen molar-refractivity contribution in [2.45, 2.75) is 38.9 Å². The zero-order chi connectivity index (χ0) is 14.5. The lowest BCUT2D eigenvalue weighted by atomic mass is 10.1. The van der Waals surface area contributed by atoms with Gasteiger partial charge in [-0.1, -0.05) is 17.9 Å². The van der Waals surface area contributed by atoms with Crippen LogP contribution in [-0.4, -0.2) is 24.7 Å². The number of benzene rings is 1. The van der Waals surface area contributed by atoms with Crippen molar-refractivity contribution in [3.05, 3.63) is 29.3 Å². The highest BCUT2D eigenvalue weighted by molar-refractivity contribution is 5.95. The van der Waals surface area contributed by atoms with Gasteiger partial charge in [0.15, 0.2) is 0 Å². The highest BCUT2D eigenvalue weighted by Gasteiger charge is 2.28. The number of ether oxygens (including phenoxy) is 1. The Kier molecular flexibility index (Phi) is 4.78. The summed E-state index contributed by atoms with van der Waals surface area (Å²) in [5.74, 6) is 5.70. The number of rotatable bonds is 2. The summed E-state index contributed by atoms with van der Waals surface area (Å²) in [6.45, 7) is 4.27. The molecule has 1 aromatic rings. The maximum atomic E-state index is 12.2. The van der Waals surface area contributed by atoms with Crippen molar-refractivity contribution in [3.63, 3.8) is 0 Å². The molecule has 1 heterocycles. The van der Waals surface area contributed by atoms with Crippen LogP contribution in [-0.2, 0) is 9.53 Å². The third-order valence-electron chi connectivity index (χ3n) is 3.28. The van der Waals surface area contributed by atoms with Crippen LogP contribution >= 0.6 is 0 Å². The van der Waals surface area contributed by atoms with E-state index in [1.165, 1.54) is 0 Å². The molecule has 20 heavy (non-hydrogen) atoms. The van der Waals surface area contributed by atoms with Crippen LogP contribution in [0.25, 0.3) is 0 Å². The van der Waals surface area contributed by atoms with Crippen molar-refractivity contribution in [1.29, 1.82) is 0 Å². The van der Waals surface area contributed by atoms with Gasteiger partial charge in [-0.2, -0.15) is 0 Å². The number of aryl methyl sites for hydroxylation is 1. The predicted octanol–water partition coefficient (Wildman–Crippen LogP) is 1.81. The fourth-order valence-electron chi connectivity index (χ4n) is 2.23. The average Bonchev–Trinajstić information content (AvgIpc) is 2.85. The van der Waals surface area contributed by atoms with Gasteiger partial charge in [0.05, 0.1) is 18.3 Å². The quantitative estimate of drug-likeness (QED) is 0.807. The number of carbonyl (C=O) groups is 1. The first-order chi connectivity index (χ1) is 9.60. The van der Waals surface area contributed by atoms with Gasteiger partial charge in [0.25, 0.3) is 5.91 Å². The first-order valence-electron chi connectivity index (χ1n) is 6.86. The zero-order valence-electron chi connectivity index (χ0n) is 11.9. The molecule has 3 N–H and O–H groups in total. The Morgan fingerprint density at radius 1 is 1.50 bits per heavy atom. The van der Waals surface area contributed by atoms with E-state index in [2.05, 4.69) is 17.2 Å². The summed E-state index contributed by atoms with van der Waals surface area (Å²) in [5.41, 5.74) is 7.99. The smallest absolute Gasteiger partial charge is 0.253 e. The summed E-state index contributed by atoms with van der Waals surface area (Å²) in [6, 6.07) is 5.75. The number of amides is 1. The Morgan fingerprint density at radius 3 is 2.95 bits per heavy atom. The molecule has 1 fully saturated rings. The molecule has 1 aliphatic rings. The molecule has 0 aliphatic carbocycles. The molecule has 1 saturated heterocycles. The third kappa shape index (κ3) is 3.60. The van der Waals surface area contributed by atoms with Crippen LogP contribution in [0, 0.1) is 18.8 Å². The third-order valence-corrected chi connectivity index (χ3v) is 3.28. The number of nitrogens with one attached hydrogen (secondary N) is 1. The van der Waals surface area contributed by atoms with Gasteiger partial charge >= 0.3 is 0 Å². The van der Waals surface area contributed by atoms with E-state index in [-0.39, 0.29) is 18.1 Å². The highest BCUT2D eigenvalue weighted by Crippen LogP contribution is 2.22. The van der Waals surface area contributed by atoms with E-state index in [4.69, 9.17) is 10.5 Å². The summed E-state index contributed by atoms with van der Waals surface area (Å²) < 4.78 is 5.57. The Balaban J connectivity index is 2.14. The van der Waals surface area contributed by atoms with E-state index in [1.54, 1.807) is 0 Å². The number of hydrogen-bond donors (Lipinski definition) is 2. The maximum Gasteiger partial charge on any atom is 0.253 e. The van der Waals surface area contributed by atoms with E-state index < -0.39 is 0 Å². The lowest BCUT2D eigenvalue weighted by Gasteiger charge is -2.13. The van der Waals surface area contributed by atoms with Crippen molar-refractivity contribution in [3.8, 4) is 11.8 Å². The molecular formula is C16H20N2O2. The van der Waals surface area contributed by atoms with Crippen molar-refractivity contribution in [2.24, 2.45) is 5.73 Å². The molecule has 2 rings (SSSR count). The second-order valence-electron chi connectivity index (χ2n) is 5.06. The van der Waals surface area contributed by atoms with E-state index in [0.717, 1.165) is 24.0 Å². The molecule has 0 bridgehead atoms. The van der Waals surface area contributed by atoms with Crippen LogP contribution in [0.4, 0.5) is 5.69 Å². The minimum atomic E-state index is -0.360. The molecule has 2 atom stereocenters. The molecule has 1 amide bonds. The molecule has 0 aromatic heterocycles. The van der Waals surface area contributed by atoms with Crippen LogP contribution in [0.1, 0.15) is 30.9 Å². The van der Waals surface area contributed by atoms with Crippen LogP contribution in [0.15, 0.2) is 18.2 Å². The summed E-state index contributed by atoms with van der Waals surface area (Å²) in [7, 11) is 0. The molecule has 2 unspecified atom stereocenters. The second-order valence-corrected chi connectivity index (χ2v) is 5.06. The molecule has 0 saturated carbocycles.